The zero-order chi connectivity index (χ0) is 20.7. The van der Waals surface area contributed by atoms with Gasteiger partial charge in [-0.2, -0.15) is 0 Å². The number of anilines is 1. The summed E-state index contributed by atoms with van der Waals surface area (Å²) in [6, 6.07) is 15.1. The maximum atomic E-state index is 13.4. The number of hydrogen-bond acceptors (Lipinski definition) is 5. The second-order valence-electron chi connectivity index (χ2n) is 7.52. The molecule has 2 aromatic heterocycles. The molecular weight excluding hydrogens is 378 g/mol. The molecule has 2 aromatic carbocycles. The number of nitrogens with one attached hydrogen (secondary N) is 1. The van der Waals surface area contributed by atoms with Crippen LogP contribution >= 0.6 is 0 Å². The minimum atomic E-state index is -0.188. The second kappa shape index (κ2) is 7.26. The molecule has 0 unspecified atom stereocenters. The van der Waals surface area contributed by atoms with Gasteiger partial charge in [0.1, 0.15) is 12.1 Å². The molecule has 0 saturated heterocycles. The molecule has 0 aliphatic heterocycles. The molecule has 150 valence electrons. The van der Waals surface area contributed by atoms with Gasteiger partial charge < -0.3 is 14.6 Å². The van der Waals surface area contributed by atoms with Crippen LogP contribution < -0.4 is 10.1 Å². The maximum Gasteiger partial charge on any atom is 0.256 e. The molecule has 7 nitrogen and oxygen atoms in total. The second-order valence-corrected chi connectivity index (χ2v) is 7.52. The number of para-hydroxylation sites is 1. The number of nitrogens with zero attached hydrogens (tertiary/aromatic N) is 4. The third kappa shape index (κ3) is 3.28. The molecule has 0 bridgehead atoms. The van der Waals surface area contributed by atoms with Gasteiger partial charge in [0.15, 0.2) is 5.82 Å². The van der Waals surface area contributed by atoms with E-state index >= 15 is 0 Å². The monoisotopic (exact) mass is 399 g/mol. The van der Waals surface area contributed by atoms with E-state index in [0.717, 1.165) is 35.0 Å². The molecule has 1 amide bonds. The van der Waals surface area contributed by atoms with Crippen molar-refractivity contribution in [2.45, 2.75) is 18.8 Å². The number of benzene rings is 2. The first-order valence-corrected chi connectivity index (χ1v) is 9.87. The van der Waals surface area contributed by atoms with Gasteiger partial charge in [0.05, 0.1) is 23.9 Å². The Morgan fingerprint density at radius 2 is 2.00 bits per heavy atom. The Kier molecular flexibility index (Phi) is 4.43. The zero-order valence-corrected chi connectivity index (χ0v) is 16.8. The van der Waals surface area contributed by atoms with Crippen molar-refractivity contribution in [1.82, 2.24) is 19.7 Å². The number of aryl methyl sites for hydroxylation is 1. The van der Waals surface area contributed by atoms with Crippen LogP contribution in [-0.4, -0.2) is 32.8 Å². The molecule has 30 heavy (non-hydrogen) atoms. The van der Waals surface area contributed by atoms with Crippen LogP contribution in [0.3, 0.4) is 0 Å². The van der Waals surface area contributed by atoms with Crippen molar-refractivity contribution in [1.29, 1.82) is 0 Å². The Hall–Kier alpha value is -3.74. The van der Waals surface area contributed by atoms with Gasteiger partial charge in [-0.25, -0.2) is 0 Å². The predicted molar refractivity (Wildman–Crippen MR) is 115 cm³/mol. The van der Waals surface area contributed by atoms with Gasteiger partial charge in [-0.1, -0.05) is 12.1 Å². The Bertz CT molecular complexity index is 1260. The summed E-state index contributed by atoms with van der Waals surface area (Å²) >= 11 is 0. The zero-order valence-electron chi connectivity index (χ0n) is 16.8. The highest BCUT2D eigenvalue weighted by Gasteiger charge is 2.27. The summed E-state index contributed by atoms with van der Waals surface area (Å²) in [6.07, 6.45) is 3.87. The summed E-state index contributed by atoms with van der Waals surface area (Å²) < 4.78 is 7.19. The largest absolute Gasteiger partial charge is 0.497 e. The van der Waals surface area contributed by atoms with Gasteiger partial charge in [0, 0.05) is 29.6 Å². The van der Waals surface area contributed by atoms with Crippen LogP contribution in [-0.2, 0) is 7.05 Å². The van der Waals surface area contributed by atoms with Crippen molar-refractivity contribution in [2.24, 2.45) is 7.05 Å². The van der Waals surface area contributed by atoms with Gasteiger partial charge in [-0.3, -0.25) is 9.78 Å². The molecule has 0 atom stereocenters. The quantitative estimate of drug-likeness (QED) is 0.545. The maximum absolute atomic E-state index is 13.4. The van der Waals surface area contributed by atoms with Gasteiger partial charge in [-0.05, 0) is 49.2 Å². The van der Waals surface area contributed by atoms with E-state index in [4.69, 9.17) is 9.72 Å². The number of amides is 1. The average molecular weight is 399 g/mol. The number of carbonyl (C=O) groups excluding carboxylic acids is 1. The van der Waals surface area contributed by atoms with E-state index in [9.17, 15) is 4.79 Å². The lowest BCUT2D eigenvalue weighted by Gasteiger charge is -2.13. The molecule has 2 heterocycles. The van der Waals surface area contributed by atoms with Crippen molar-refractivity contribution < 1.29 is 9.53 Å². The Morgan fingerprint density at radius 3 is 2.73 bits per heavy atom. The van der Waals surface area contributed by atoms with Crippen LogP contribution in [0.2, 0.25) is 0 Å². The molecule has 1 aliphatic carbocycles. The lowest BCUT2D eigenvalue weighted by molar-refractivity contribution is 0.102. The Labute approximate surface area is 173 Å². The summed E-state index contributed by atoms with van der Waals surface area (Å²) in [5, 5.41) is 12.0. The first-order chi connectivity index (χ1) is 14.6. The van der Waals surface area contributed by atoms with E-state index in [-0.39, 0.29) is 5.91 Å². The SMILES string of the molecule is COc1ccc2nc(C3CC3)cc(C(=O)Nc3ccccc3-c3nncn3C)c2c1. The average Bonchev–Trinajstić information content (AvgIpc) is 3.54. The summed E-state index contributed by atoms with van der Waals surface area (Å²) in [5.74, 6) is 1.63. The van der Waals surface area contributed by atoms with E-state index in [2.05, 4.69) is 15.5 Å². The van der Waals surface area contributed by atoms with E-state index < -0.39 is 0 Å². The smallest absolute Gasteiger partial charge is 0.256 e. The highest BCUT2D eigenvalue weighted by molar-refractivity contribution is 6.13. The molecule has 5 rings (SSSR count). The number of methoxy groups -OCH3 is 1. The number of carbonyl (C=O) groups is 1. The van der Waals surface area contributed by atoms with Crippen molar-refractivity contribution in [3.8, 4) is 17.1 Å². The fourth-order valence-electron chi connectivity index (χ4n) is 3.63. The summed E-state index contributed by atoms with van der Waals surface area (Å²) in [6.45, 7) is 0. The minimum absolute atomic E-state index is 0.188. The molecule has 1 aliphatic rings. The van der Waals surface area contributed by atoms with Crippen LogP contribution in [0.5, 0.6) is 5.75 Å². The molecule has 0 spiro atoms. The fraction of sp³-hybridized carbons (Fsp3) is 0.217. The number of ether oxygens (including phenoxy) is 1. The lowest BCUT2D eigenvalue weighted by Crippen LogP contribution is -2.14. The lowest BCUT2D eigenvalue weighted by atomic mass is 10.0. The number of aromatic nitrogens is 4. The van der Waals surface area contributed by atoms with Crippen molar-refractivity contribution in [2.75, 3.05) is 12.4 Å². The predicted octanol–water partition coefficient (Wildman–Crippen LogP) is 4.17. The summed E-state index contributed by atoms with van der Waals surface area (Å²) in [4.78, 5) is 18.2. The van der Waals surface area contributed by atoms with Crippen molar-refractivity contribution >= 4 is 22.5 Å². The number of hydrogen-bond donors (Lipinski definition) is 1. The molecule has 0 radical (unpaired) electrons. The van der Waals surface area contributed by atoms with Gasteiger partial charge in [0.2, 0.25) is 0 Å². The highest BCUT2D eigenvalue weighted by Crippen LogP contribution is 2.40. The molecule has 7 heteroatoms. The van der Waals surface area contributed by atoms with Crippen LogP contribution in [0.25, 0.3) is 22.3 Å². The Morgan fingerprint density at radius 1 is 1.17 bits per heavy atom. The number of rotatable bonds is 5. The summed E-state index contributed by atoms with van der Waals surface area (Å²) in [7, 11) is 3.49. The summed E-state index contributed by atoms with van der Waals surface area (Å²) in [5.41, 5.74) is 3.85. The Balaban J connectivity index is 1.58. The van der Waals surface area contributed by atoms with Crippen LogP contribution in [0.15, 0.2) is 54.9 Å². The van der Waals surface area contributed by atoms with Gasteiger partial charge in [-0.15, -0.1) is 10.2 Å². The molecule has 1 fully saturated rings. The normalized spacial score (nSPS) is 13.4. The molecule has 4 aromatic rings. The molecule has 1 N–H and O–H groups in total. The third-order valence-corrected chi connectivity index (χ3v) is 5.40. The van der Waals surface area contributed by atoms with E-state index in [0.29, 0.717) is 28.7 Å². The highest BCUT2D eigenvalue weighted by atomic mass is 16.5. The van der Waals surface area contributed by atoms with E-state index in [1.807, 2.05) is 60.1 Å². The van der Waals surface area contributed by atoms with Gasteiger partial charge in [0.25, 0.3) is 5.91 Å². The fourth-order valence-corrected chi connectivity index (χ4v) is 3.63. The standard InChI is InChI=1S/C23H21N5O2/c1-28-13-24-27-22(28)16-5-3-4-6-19(16)26-23(29)18-12-21(14-7-8-14)25-20-10-9-15(30-2)11-17(18)20/h3-6,9-14H,7-8H2,1-2H3,(H,26,29). The van der Waals surface area contributed by atoms with Crippen LogP contribution in [0, 0.1) is 0 Å². The first kappa shape index (κ1) is 18.3. The van der Waals surface area contributed by atoms with Crippen molar-refractivity contribution in [3.63, 3.8) is 0 Å². The topological polar surface area (TPSA) is 81.9 Å². The number of fused-ring (bicyclic) bond motifs is 1. The van der Waals surface area contributed by atoms with Crippen molar-refractivity contribution in [3.05, 3.63) is 66.1 Å². The minimum Gasteiger partial charge on any atom is -0.497 e. The third-order valence-electron chi connectivity index (χ3n) is 5.40. The van der Waals surface area contributed by atoms with Crippen LogP contribution in [0.1, 0.15) is 34.8 Å². The van der Waals surface area contributed by atoms with Crippen LogP contribution in [0.4, 0.5) is 5.69 Å². The van der Waals surface area contributed by atoms with E-state index in [1.54, 1.807) is 13.4 Å². The van der Waals surface area contributed by atoms with E-state index in [1.165, 1.54) is 0 Å². The molecular formula is C23H21N5O2. The molecule has 1 saturated carbocycles. The number of pyridine rings is 1. The van der Waals surface area contributed by atoms with Gasteiger partial charge >= 0.3 is 0 Å². The first-order valence-electron chi connectivity index (χ1n) is 9.87.